The SMILES string of the molecule is CC(CO[Si](C)(C)C(C)(C)C)Oc1ccc(Br)cc1. The van der Waals surface area contributed by atoms with E-state index in [2.05, 4.69) is 56.7 Å². The van der Waals surface area contributed by atoms with Gasteiger partial charge in [-0.05, 0) is 49.3 Å². The monoisotopic (exact) mass is 344 g/mol. The first-order valence-corrected chi connectivity index (χ1v) is 10.4. The highest BCUT2D eigenvalue weighted by atomic mass is 79.9. The van der Waals surface area contributed by atoms with Gasteiger partial charge in [-0.25, -0.2) is 0 Å². The summed E-state index contributed by atoms with van der Waals surface area (Å²) in [6.45, 7) is 14.0. The summed E-state index contributed by atoms with van der Waals surface area (Å²) in [5.41, 5.74) is 0. The van der Waals surface area contributed by atoms with E-state index in [0.717, 1.165) is 10.2 Å². The molecule has 0 aromatic heterocycles. The zero-order valence-electron chi connectivity index (χ0n) is 12.8. The molecule has 0 aliphatic rings. The van der Waals surface area contributed by atoms with E-state index in [0.29, 0.717) is 6.61 Å². The summed E-state index contributed by atoms with van der Waals surface area (Å²) in [7, 11) is -1.68. The van der Waals surface area contributed by atoms with E-state index in [4.69, 9.17) is 9.16 Å². The van der Waals surface area contributed by atoms with Crippen LogP contribution in [0.1, 0.15) is 27.7 Å². The van der Waals surface area contributed by atoms with Gasteiger partial charge in [-0.2, -0.15) is 0 Å². The van der Waals surface area contributed by atoms with Crippen LogP contribution in [0.2, 0.25) is 18.1 Å². The molecule has 1 atom stereocenters. The predicted octanol–water partition coefficient (Wildman–Crippen LogP) is 5.24. The van der Waals surface area contributed by atoms with E-state index in [-0.39, 0.29) is 11.1 Å². The summed E-state index contributed by atoms with van der Waals surface area (Å²) in [6.07, 6.45) is 0.0651. The third kappa shape index (κ3) is 5.28. The third-order valence-corrected chi connectivity index (χ3v) is 8.67. The van der Waals surface area contributed by atoms with E-state index >= 15 is 0 Å². The number of hydrogen-bond acceptors (Lipinski definition) is 2. The van der Waals surface area contributed by atoms with Crippen LogP contribution in [0.15, 0.2) is 28.7 Å². The molecular formula is C15H25BrO2Si. The summed E-state index contributed by atoms with van der Waals surface area (Å²) >= 11 is 3.42. The molecule has 1 unspecified atom stereocenters. The van der Waals surface area contributed by atoms with Crippen molar-refractivity contribution in [3.05, 3.63) is 28.7 Å². The quantitative estimate of drug-likeness (QED) is 0.680. The fraction of sp³-hybridized carbons (Fsp3) is 0.600. The maximum absolute atomic E-state index is 6.16. The zero-order valence-corrected chi connectivity index (χ0v) is 15.4. The number of hydrogen-bond donors (Lipinski definition) is 0. The zero-order chi connectivity index (χ0) is 14.7. The molecule has 1 aromatic rings. The minimum Gasteiger partial charge on any atom is -0.488 e. The van der Waals surface area contributed by atoms with Gasteiger partial charge in [-0.15, -0.1) is 0 Å². The normalized spacial score (nSPS) is 14.3. The summed E-state index contributed by atoms with van der Waals surface area (Å²) in [4.78, 5) is 0. The first-order valence-electron chi connectivity index (χ1n) is 6.68. The average molecular weight is 345 g/mol. The molecule has 19 heavy (non-hydrogen) atoms. The van der Waals surface area contributed by atoms with Crippen molar-refractivity contribution in [1.29, 1.82) is 0 Å². The highest BCUT2D eigenvalue weighted by Crippen LogP contribution is 2.36. The molecule has 1 rings (SSSR count). The second-order valence-corrected chi connectivity index (χ2v) is 12.2. The predicted molar refractivity (Wildman–Crippen MR) is 87.4 cm³/mol. The van der Waals surface area contributed by atoms with Crippen molar-refractivity contribution in [2.24, 2.45) is 0 Å². The molecule has 0 N–H and O–H groups in total. The van der Waals surface area contributed by atoms with Gasteiger partial charge in [-0.3, -0.25) is 0 Å². The van der Waals surface area contributed by atoms with Gasteiger partial charge in [0.15, 0.2) is 8.32 Å². The lowest BCUT2D eigenvalue weighted by Crippen LogP contribution is -2.43. The van der Waals surface area contributed by atoms with Gasteiger partial charge < -0.3 is 9.16 Å². The van der Waals surface area contributed by atoms with Gasteiger partial charge in [0.05, 0.1) is 6.61 Å². The molecule has 0 saturated carbocycles. The van der Waals surface area contributed by atoms with Gasteiger partial charge in [0.2, 0.25) is 0 Å². The van der Waals surface area contributed by atoms with Crippen molar-refractivity contribution in [3.8, 4) is 5.75 Å². The van der Waals surface area contributed by atoms with Crippen LogP contribution in [-0.4, -0.2) is 21.0 Å². The highest BCUT2D eigenvalue weighted by molar-refractivity contribution is 9.10. The van der Waals surface area contributed by atoms with Crippen LogP contribution in [0, 0.1) is 0 Å². The van der Waals surface area contributed by atoms with Crippen molar-refractivity contribution in [2.45, 2.75) is 51.9 Å². The molecule has 0 heterocycles. The minimum absolute atomic E-state index is 0.0651. The molecule has 0 radical (unpaired) electrons. The first-order chi connectivity index (χ1) is 8.62. The van der Waals surface area contributed by atoms with Crippen LogP contribution in [0.4, 0.5) is 0 Å². The lowest BCUT2D eigenvalue weighted by atomic mass is 10.2. The summed E-state index contributed by atoms with van der Waals surface area (Å²) in [6, 6.07) is 7.90. The Bertz CT molecular complexity index is 396. The maximum Gasteiger partial charge on any atom is 0.192 e. The molecule has 0 aliphatic heterocycles. The molecule has 1 aromatic carbocycles. The second kappa shape index (κ2) is 6.42. The van der Waals surface area contributed by atoms with Crippen LogP contribution in [0.3, 0.4) is 0 Å². The second-order valence-electron chi connectivity index (χ2n) is 6.45. The van der Waals surface area contributed by atoms with Gasteiger partial charge >= 0.3 is 0 Å². The van der Waals surface area contributed by atoms with Gasteiger partial charge in [0, 0.05) is 4.47 Å². The number of ether oxygens (including phenoxy) is 1. The summed E-state index contributed by atoms with van der Waals surface area (Å²) < 4.78 is 13.1. The van der Waals surface area contributed by atoms with E-state index in [1.54, 1.807) is 0 Å². The molecular weight excluding hydrogens is 320 g/mol. The lowest BCUT2D eigenvalue weighted by Gasteiger charge is -2.36. The fourth-order valence-corrected chi connectivity index (χ4v) is 2.67. The number of benzene rings is 1. The molecule has 0 aliphatic carbocycles. The number of halogens is 1. The molecule has 0 saturated heterocycles. The van der Waals surface area contributed by atoms with Gasteiger partial charge in [-0.1, -0.05) is 36.7 Å². The fourth-order valence-electron chi connectivity index (χ4n) is 1.32. The largest absolute Gasteiger partial charge is 0.488 e. The van der Waals surface area contributed by atoms with E-state index in [9.17, 15) is 0 Å². The molecule has 0 fully saturated rings. The van der Waals surface area contributed by atoms with Crippen molar-refractivity contribution in [2.75, 3.05) is 6.61 Å². The van der Waals surface area contributed by atoms with Crippen LogP contribution in [-0.2, 0) is 4.43 Å². The first kappa shape index (κ1) is 16.7. The van der Waals surface area contributed by atoms with Gasteiger partial charge in [0.25, 0.3) is 0 Å². The Labute approximate surface area is 126 Å². The Hall–Kier alpha value is -0.323. The maximum atomic E-state index is 6.16. The van der Waals surface area contributed by atoms with Gasteiger partial charge in [0.1, 0.15) is 11.9 Å². The molecule has 0 bridgehead atoms. The van der Waals surface area contributed by atoms with Crippen LogP contribution in [0.25, 0.3) is 0 Å². The van der Waals surface area contributed by atoms with Crippen LogP contribution >= 0.6 is 15.9 Å². The molecule has 2 nitrogen and oxygen atoms in total. The Morgan fingerprint density at radius 1 is 1.16 bits per heavy atom. The Morgan fingerprint density at radius 2 is 1.68 bits per heavy atom. The molecule has 0 amide bonds. The van der Waals surface area contributed by atoms with Crippen LogP contribution < -0.4 is 4.74 Å². The van der Waals surface area contributed by atoms with Crippen molar-refractivity contribution >= 4 is 24.2 Å². The Balaban J connectivity index is 2.48. The van der Waals surface area contributed by atoms with Crippen molar-refractivity contribution < 1.29 is 9.16 Å². The van der Waals surface area contributed by atoms with E-state index in [1.807, 2.05) is 24.3 Å². The third-order valence-electron chi connectivity index (χ3n) is 3.64. The molecule has 0 spiro atoms. The van der Waals surface area contributed by atoms with E-state index in [1.165, 1.54) is 0 Å². The van der Waals surface area contributed by atoms with Crippen molar-refractivity contribution in [3.63, 3.8) is 0 Å². The lowest BCUT2D eigenvalue weighted by molar-refractivity contribution is 0.134. The Morgan fingerprint density at radius 3 is 2.16 bits per heavy atom. The minimum atomic E-state index is -1.68. The molecule has 108 valence electrons. The highest BCUT2D eigenvalue weighted by Gasteiger charge is 2.37. The van der Waals surface area contributed by atoms with E-state index < -0.39 is 8.32 Å². The number of rotatable bonds is 5. The van der Waals surface area contributed by atoms with Crippen molar-refractivity contribution in [1.82, 2.24) is 0 Å². The smallest absolute Gasteiger partial charge is 0.192 e. The topological polar surface area (TPSA) is 18.5 Å². The summed E-state index contributed by atoms with van der Waals surface area (Å²) in [5, 5.41) is 0.240. The molecule has 4 heteroatoms. The average Bonchev–Trinajstić information content (AvgIpc) is 2.28. The summed E-state index contributed by atoms with van der Waals surface area (Å²) in [5.74, 6) is 0.884. The standard InChI is InChI=1S/C15H25BrO2Si/c1-12(11-17-19(5,6)15(2,3)4)18-14-9-7-13(16)8-10-14/h7-10,12H,11H2,1-6H3. The van der Waals surface area contributed by atoms with Crippen LogP contribution in [0.5, 0.6) is 5.75 Å². The Kier molecular flexibility index (Phi) is 5.65.